The molecule has 0 saturated heterocycles. The van der Waals surface area contributed by atoms with Crippen molar-refractivity contribution in [1.82, 2.24) is 16.0 Å². The molecule has 0 aromatic heterocycles. The lowest BCUT2D eigenvalue weighted by atomic mass is 9.89. The molecule has 1 atom stereocenters. The van der Waals surface area contributed by atoms with E-state index in [0.29, 0.717) is 6.54 Å². The molecular weight excluding hydrogens is 266 g/mol. The summed E-state index contributed by atoms with van der Waals surface area (Å²) in [5.41, 5.74) is -1.27. The van der Waals surface area contributed by atoms with Gasteiger partial charge in [-0.05, 0) is 27.7 Å². The number of likely N-dealkylation sites (N-methyl/N-ethyl adjacent to an activating group) is 1. The predicted octanol–water partition coefficient (Wildman–Crippen LogP) is -0.162. The minimum absolute atomic E-state index is 0.342. The van der Waals surface area contributed by atoms with Gasteiger partial charge in [-0.1, -0.05) is 0 Å². The molecule has 0 heterocycles. The third-order valence-electron chi connectivity index (χ3n) is 2.53. The zero-order chi connectivity index (χ0) is 15.9. The van der Waals surface area contributed by atoms with Crippen LogP contribution in [0.15, 0.2) is 0 Å². The van der Waals surface area contributed by atoms with Gasteiger partial charge in [0.15, 0.2) is 0 Å². The van der Waals surface area contributed by atoms with Gasteiger partial charge in [0.2, 0.25) is 11.8 Å². The van der Waals surface area contributed by atoms with Gasteiger partial charge in [0, 0.05) is 13.0 Å². The SMILES string of the molecule is CCNC(=O)C(C)NC(=O)NC(=O)CC(C)(C)C(=O)O. The molecule has 0 saturated carbocycles. The van der Waals surface area contributed by atoms with Crippen molar-refractivity contribution in [3.8, 4) is 0 Å². The van der Waals surface area contributed by atoms with Gasteiger partial charge in [-0.3, -0.25) is 19.7 Å². The highest BCUT2D eigenvalue weighted by Crippen LogP contribution is 2.19. The van der Waals surface area contributed by atoms with Crippen LogP contribution in [0.5, 0.6) is 0 Å². The summed E-state index contributed by atoms with van der Waals surface area (Å²) in [6.07, 6.45) is -0.342. The Balaban J connectivity index is 4.31. The highest BCUT2D eigenvalue weighted by Gasteiger charge is 2.30. The molecule has 4 amide bonds. The number of urea groups is 1. The third-order valence-corrected chi connectivity index (χ3v) is 2.53. The number of carbonyl (C=O) groups is 4. The largest absolute Gasteiger partial charge is 0.481 e. The van der Waals surface area contributed by atoms with E-state index in [0.717, 1.165) is 0 Å². The van der Waals surface area contributed by atoms with Crippen LogP contribution in [0.1, 0.15) is 34.1 Å². The molecule has 0 aliphatic heterocycles. The molecule has 8 nitrogen and oxygen atoms in total. The number of carbonyl (C=O) groups excluding carboxylic acids is 3. The molecule has 114 valence electrons. The summed E-state index contributed by atoms with van der Waals surface area (Å²) in [5.74, 6) is -2.23. The first-order valence-corrected chi connectivity index (χ1v) is 6.21. The van der Waals surface area contributed by atoms with Crippen molar-refractivity contribution in [3.05, 3.63) is 0 Å². The molecule has 0 aliphatic carbocycles. The van der Waals surface area contributed by atoms with E-state index >= 15 is 0 Å². The molecule has 0 aliphatic rings. The minimum atomic E-state index is -1.27. The van der Waals surface area contributed by atoms with Crippen LogP contribution in [0.4, 0.5) is 4.79 Å². The monoisotopic (exact) mass is 287 g/mol. The molecule has 0 fully saturated rings. The Labute approximate surface area is 117 Å². The summed E-state index contributed by atoms with van der Waals surface area (Å²) in [5, 5.41) is 15.6. The number of aliphatic carboxylic acids is 1. The third kappa shape index (κ3) is 6.17. The number of rotatable bonds is 6. The van der Waals surface area contributed by atoms with Gasteiger partial charge in [-0.15, -0.1) is 0 Å². The van der Waals surface area contributed by atoms with E-state index in [1.807, 2.05) is 5.32 Å². The summed E-state index contributed by atoms with van der Waals surface area (Å²) >= 11 is 0. The molecule has 1 unspecified atom stereocenters. The van der Waals surface area contributed by atoms with Crippen LogP contribution in [0, 0.1) is 5.41 Å². The van der Waals surface area contributed by atoms with Crippen LogP contribution in [-0.2, 0) is 14.4 Å². The zero-order valence-electron chi connectivity index (χ0n) is 12.1. The second-order valence-corrected chi connectivity index (χ2v) is 5.00. The van der Waals surface area contributed by atoms with Crippen molar-refractivity contribution < 1.29 is 24.3 Å². The molecule has 8 heteroatoms. The van der Waals surface area contributed by atoms with Crippen molar-refractivity contribution in [2.45, 2.75) is 40.2 Å². The van der Waals surface area contributed by atoms with Gasteiger partial charge in [-0.25, -0.2) is 4.79 Å². The van der Waals surface area contributed by atoms with E-state index < -0.39 is 29.4 Å². The summed E-state index contributed by atoms with van der Waals surface area (Å²) < 4.78 is 0. The Morgan fingerprint density at radius 2 is 1.75 bits per heavy atom. The first-order chi connectivity index (χ1) is 9.10. The molecule has 0 bridgehead atoms. The molecule has 0 radical (unpaired) electrons. The lowest BCUT2D eigenvalue weighted by Crippen LogP contribution is -2.50. The fraction of sp³-hybridized carbons (Fsp3) is 0.667. The van der Waals surface area contributed by atoms with Crippen molar-refractivity contribution >= 4 is 23.8 Å². The fourth-order valence-corrected chi connectivity index (χ4v) is 1.27. The zero-order valence-corrected chi connectivity index (χ0v) is 12.1. The molecule has 0 aromatic carbocycles. The van der Waals surface area contributed by atoms with Gasteiger partial charge in [0.25, 0.3) is 0 Å². The van der Waals surface area contributed by atoms with Gasteiger partial charge in [0.1, 0.15) is 6.04 Å². The van der Waals surface area contributed by atoms with Gasteiger partial charge in [-0.2, -0.15) is 0 Å². The summed E-state index contributed by atoms with van der Waals surface area (Å²) in [6, 6.07) is -1.63. The van der Waals surface area contributed by atoms with E-state index in [1.165, 1.54) is 20.8 Å². The summed E-state index contributed by atoms with van der Waals surface area (Å²) in [7, 11) is 0. The average Bonchev–Trinajstić information content (AvgIpc) is 2.27. The van der Waals surface area contributed by atoms with Crippen molar-refractivity contribution in [3.63, 3.8) is 0 Å². The first kappa shape index (κ1) is 17.9. The number of carboxylic acids is 1. The second-order valence-electron chi connectivity index (χ2n) is 5.00. The number of hydrogen-bond donors (Lipinski definition) is 4. The summed E-state index contributed by atoms with van der Waals surface area (Å²) in [4.78, 5) is 45.2. The van der Waals surface area contributed by atoms with Crippen molar-refractivity contribution in [2.75, 3.05) is 6.54 Å². The molecule has 0 aromatic rings. The molecular formula is C12H21N3O5. The van der Waals surface area contributed by atoms with E-state index in [2.05, 4.69) is 10.6 Å². The van der Waals surface area contributed by atoms with Crippen LogP contribution in [0.3, 0.4) is 0 Å². The first-order valence-electron chi connectivity index (χ1n) is 6.21. The normalized spacial score (nSPS) is 12.2. The molecule has 0 spiro atoms. The van der Waals surface area contributed by atoms with Crippen LogP contribution in [0.2, 0.25) is 0 Å². The number of carboxylic acid groups (broad SMARTS) is 1. The van der Waals surface area contributed by atoms with Gasteiger partial charge in [0.05, 0.1) is 5.41 Å². The van der Waals surface area contributed by atoms with E-state index in [1.54, 1.807) is 6.92 Å². The highest BCUT2D eigenvalue weighted by atomic mass is 16.4. The smallest absolute Gasteiger partial charge is 0.322 e. The fourth-order valence-electron chi connectivity index (χ4n) is 1.27. The van der Waals surface area contributed by atoms with Crippen LogP contribution >= 0.6 is 0 Å². The van der Waals surface area contributed by atoms with Crippen LogP contribution < -0.4 is 16.0 Å². The van der Waals surface area contributed by atoms with E-state index in [4.69, 9.17) is 5.11 Å². The lowest BCUT2D eigenvalue weighted by molar-refractivity contribution is -0.149. The van der Waals surface area contributed by atoms with Crippen LogP contribution in [-0.4, -0.2) is 41.5 Å². The minimum Gasteiger partial charge on any atom is -0.481 e. The topological polar surface area (TPSA) is 125 Å². The Hall–Kier alpha value is -2.12. The Morgan fingerprint density at radius 3 is 2.20 bits per heavy atom. The maximum absolute atomic E-state index is 11.5. The number of nitrogens with one attached hydrogen (secondary N) is 3. The predicted molar refractivity (Wildman–Crippen MR) is 70.9 cm³/mol. The molecule has 0 rings (SSSR count). The average molecular weight is 287 g/mol. The van der Waals surface area contributed by atoms with Crippen molar-refractivity contribution in [1.29, 1.82) is 0 Å². The summed E-state index contributed by atoms with van der Waals surface area (Å²) in [6.45, 7) is 6.39. The molecule has 20 heavy (non-hydrogen) atoms. The highest BCUT2D eigenvalue weighted by molar-refractivity contribution is 5.97. The number of amides is 4. The van der Waals surface area contributed by atoms with E-state index in [9.17, 15) is 19.2 Å². The maximum atomic E-state index is 11.5. The Morgan fingerprint density at radius 1 is 1.20 bits per heavy atom. The second kappa shape index (κ2) is 7.46. The molecule has 4 N–H and O–H groups in total. The standard InChI is InChI=1S/C12H21N3O5/c1-5-13-9(17)7(2)14-11(20)15-8(16)6-12(3,4)10(18)19/h7H,5-6H2,1-4H3,(H,13,17)(H,18,19)(H2,14,15,16,20). The Kier molecular flexibility index (Phi) is 6.67. The van der Waals surface area contributed by atoms with Crippen LogP contribution in [0.25, 0.3) is 0 Å². The quantitative estimate of drug-likeness (QED) is 0.540. The lowest BCUT2D eigenvalue weighted by Gasteiger charge is -2.18. The maximum Gasteiger partial charge on any atom is 0.322 e. The number of hydrogen-bond acceptors (Lipinski definition) is 4. The van der Waals surface area contributed by atoms with Gasteiger partial charge >= 0.3 is 12.0 Å². The van der Waals surface area contributed by atoms with E-state index in [-0.39, 0.29) is 12.3 Å². The van der Waals surface area contributed by atoms with Crippen molar-refractivity contribution in [2.24, 2.45) is 5.41 Å². The number of imide groups is 1. The Bertz CT molecular complexity index is 406. The van der Waals surface area contributed by atoms with Gasteiger partial charge < -0.3 is 15.7 Å².